The Bertz CT molecular complexity index is 1640. The number of ether oxygens (including phenoxy) is 3. The molecule has 3 aliphatic rings. The number of aliphatic hydroxyl groups excluding tert-OH is 2. The number of oxime groups is 1. The quantitative estimate of drug-likeness (QED) is 0.0416. The average molecular weight is 848 g/mol. The number of carbonyl (C=O) groups excluding carboxylic acids is 1. The third-order valence-electron chi connectivity index (χ3n) is 12.4. The fourth-order valence-corrected chi connectivity index (χ4v) is 10.9. The number of aryl methyl sites for hydroxylation is 1. The summed E-state index contributed by atoms with van der Waals surface area (Å²) in [5, 5.41) is 27.4. The number of rotatable bonds is 29. The van der Waals surface area contributed by atoms with Gasteiger partial charge in [-0.05, 0) is 105 Å². The fourth-order valence-electron chi connectivity index (χ4n) is 9.50. The number of benzene rings is 1. The molecule has 1 aromatic carbocycles. The lowest BCUT2D eigenvalue weighted by molar-refractivity contribution is -0.223. The minimum atomic E-state index is -1.05. The number of allylic oxidation sites excluding steroid dienone is 1. The van der Waals surface area contributed by atoms with Crippen LogP contribution in [0, 0.1) is 17.8 Å². The molecule has 2 aromatic rings. The SMILES string of the molecule is C=CCO[C@@]12Oc3ccc(OC(=O)NCCCCCCCCCCCC)cc3[C@H]3[C@H](CCCCO)[C@@H](CCCCO)C=C(C(=NOCC)C[C@@H]1SCCc1ccncc1)[C@H]32. The van der Waals surface area contributed by atoms with Crippen LogP contribution >= 0.6 is 11.8 Å². The van der Waals surface area contributed by atoms with Gasteiger partial charge in [0.2, 0.25) is 5.79 Å². The summed E-state index contributed by atoms with van der Waals surface area (Å²) in [5.41, 5.74) is 4.21. The molecule has 10 nitrogen and oxygen atoms in total. The molecule has 2 aliphatic carbocycles. The molecule has 0 radical (unpaired) electrons. The number of nitrogens with one attached hydrogen (secondary N) is 1. The first kappa shape index (κ1) is 47.7. The number of pyridine rings is 1. The van der Waals surface area contributed by atoms with Crippen molar-refractivity contribution >= 4 is 23.6 Å². The van der Waals surface area contributed by atoms with Gasteiger partial charge < -0.3 is 34.6 Å². The predicted molar refractivity (Wildman–Crippen MR) is 243 cm³/mol. The van der Waals surface area contributed by atoms with Crippen molar-refractivity contribution in [3.63, 3.8) is 0 Å². The van der Waals surface area contributed by atoms with Gasteiger partial charge in [0.15, 0.2) is 0 Å². The van der Waals surface area contributed by atoms with E-state index in [4.69, 9.17) is 24.2 Å². The summed E-state index contributed by atoms with van der Waals surface area (Å²) in [6.45, 7) is 9.87. The zero-order chi connectivity index (χ0) is 42.4. The Hall–Kier alpha value is -3.38. The van der Waals surface area contributed by atoms with Gasteiger partial charge in [-0.1, -0.05) is 94.9 Å². The van der Waals surface area contributed by atoms with Crippen molar-refractivity contribution in [1.82, 2.24) is 10.3 Å². The van der Waals surface area contributed by atoms with Gasteiger partial charge in [-0.25, -0.2) is 4.79 Å². The molecule has 1 amide bonds. The van der Waals surface area contributed by atoms with Gasteiger partial charge in [0.05, 0.1) is 23.5 Å². The van der Waals surface area contributed by atoms with Gasteiger partial charge >= 0.3 is 6.09 Å². The van der Waals surface area contributed by atoms with Crippen LogP contribution in [-0.2, 0) is 16.0 Å². The normalized spacial score (nSPS) is 23.6. The van der Waals surface area contributed by atoms with E-state index < -0.39 is 11.9 Å². The van der Waals surface area contributed by atoms with Crippen LogP contribution in [-0.4, -0.2) is 76.8 Å². The summed E-state index contributed by atoms with van der Waals surface area (Å²) >= 11 is 1.84. The maximum atomic E-state index is 13.2. The molecule has 1 aliphatic heterocycles. The zero-order valence-corrected chi connectivity index (χ0v) is 37.3. The lowest BCUT2D eigenvalue weighted by Gasteiger charge is -2.58. The number of thioether (sulfide) groups is 1. The van der Waals surface area contributed by atoms with E-state index >= 15 is 0 Å². The summed E-state index contributed by atoms with van der Waals surface area (Å²) in [4.78, 5) is 23.2. The molecule has 1 fully saturated rings. The topological polar surface area (TPSA) is 132 Å². The Morgan fingerprint density at radius 2 is 1.68 bits per heavy atom. The molecule has 11 heteroatoms. The fraction of sp³-hybridized carbons (Fsp3) is 0.653. The zero-order valence-electron chi connectivity index (χ0n) is 36.5. The van der Waals surface area contributed by atoms with Crippen molar-refractivity contribution in [2.24, 2.45) is 22.9 Å². The van der Waals surface area contributed by atoms with Gasteiger partial charge in [0.1, 0.15) is 18.1 Å². The van der Waals surface area contributed by atoms with Crippen molar-refractivity contribution in [1.29, 1.82) is 0 Å². The van der Waals surface area contributed by atoms with Crippen molar-refractivity contribution < 1.29 is 34.1 Å². The number of carbonyl (C=O) groups is 1. The van der Waals surface area contributed by atoms with Gasteiger partial charge in [0, 0.05) is 50.1 Å². The molecule has 3 N–H and O–H groups in total. The van der Waals surface area contributed by atoms with Gasteiger partial charge in [0.25, 0.3) is 0 Å². The first-order chi connectivity index (χ1) is 29.5. The molecule has 1 aromatic heterocycles. The number of aromatic nitrogens is 1. The van der Waals surface area contributed by atoms with E-state index in [-0.39, 0.29) is 42.1 Å². The number of hydrogen-bond acceptors (Lipinski definition) is 10. The molecule has 6 atom stereocenters. The van der Waals surface area contributed by atoms with Gasteiger partial charge in [-0.3, -0.25) is 4.98 Å². The summed E-state index contributed by atoms with van der Waals surface area (Å²) in [6, 6.07) is 9.90. The number of hydrogen-bond donors (Lipinski definition) is 3. The van der Waals surface area contributed by atoms with Crippen molar-refractivity contribution in [2.45, 2.75) is 146 Å². The number of aliphatic hydroxyl groups is 2. The lowest BCUT2D eigenvalue weighted by Crippen LogP contribution is -2.64. The third kappa shape index (κ3) is 13.3. The third-order valence-corrected chi connectivity index (χ3v) is 13.7. The predicted octanol–water partition coefficient (Wildman–Crippen LogP) is 10.7. The largest absolute Gasteiger partial charge is 0.460 e. The highest BCUT2D eigenvalue weighted by Gasteiger charge is 2.64. The number of fused-ring (bicyclic) bond motifs is 2. The highest BCUT2D eigenvalue weighted by Crippen LogP contribution is 2.62. The summed E-state index contributed by atoms with van der Waals surface area (Å²) in [7, 11) is 0. The van der Waals surface area contributed by atoms with Crippen LogP contribution in [0.4, 0.5) is 4.79 Å². The van der Waals surface area contributed by atoms with Crippen LogP contribution in [0.2, 0.25) is 0 Å². The monoisotopic (exact) mass is 848 g/mol. The maximum absolute atomic E-state index is 13.2. The molecule has 0 bridgehead atoms. The minimum Gasteiger partial charge on any atom is -0.460 e. The maximum Gasteiger partial charge on any atom is 0.412 e. The second-order valence-electron chi connectivity index (χ2n) is 16.6. The minimum absolute atomic E-state index is 0.0786. The van der Waals surface area contributed by atoms with Crippen molar-refractivity contribution in [3.05, 3.63) is 78.2 Å². The van der Waals surface area contributed by atoms with Crippen molar-refractivity contribution in [3.8, 4) is 11.5 Å². The first-order valence-corrected chi connectivity index (χ1v) is 24.2. The molecule has 5 rings (SSSR count). The molecule has 1 saturated carbocycles. The van der Waals surface area contributed by atoms with Crippen LogP contribution in [0.5, 0.6) is 11.5 Å². The Labute approximate surface area is 364 Å². The number of nitrogens with zero attached hydrogens (tertiary/aromatic N) is 2. The van der Waals surface area contributed by atoms with E-state index in [0.29, 0.717) is 38.3 Å². The second kappa shape index (κ2) is 26.2. The van der Waals surface area contributed by atoms with Crippen LogP contribution < -0.4 is 14.8 Å². The van der Waals surface area contributed by atoms with Crippen LogP contribution in [0.3, 0.4) is 0 Å². The molecule has 0 saturated heterocycles. The Balaban J connectivity index is 1.44. The second-order valence-corrected chi connectivity index (χ2v) is 17.9. The van der Waals surface area contributed by atoms with Crippen LogP contribution in [0.1, 0.15) is 140 Å². The molecule has 0 spiro atoms. The molecular weight excluding hydrogens is 775 g/mol. The van der Waals surface area contributed by atoms with Crippen LogP contribution in [0.15, 0.2) is 72.2 Å². The lowest BCUT2D eigenvalue weighted by atomic mass is 9.56. The van der Waals surface area contributed by atoms with E-state index in [2.05, 4.69) is 42.0 Å². The molecule has 2 heterocycles. The standard InChI is InChI=1S/C49H73N3O7S/c1-4-7-8-9-10-11-12-13-14-17-27-51-48(55)58-39-22-23-44-42(35-39)46-40(21-16-19-31-54)38(20-15-18-30-53)34-41-43(52-57-6-3)36-45(49(59-44,47(41)46)56-32-5-2)60-33-26-37-24-28-50-29-25-37/h5,22-25,28-29,34-35,38,40,45-47,53-54H,2,4,6-21,26-27,30-33,36H2,1,3H3,(H,51,55)/t38-,40+,45-,46+,47+,49+/m0/s1. The van der Waals surface area contributed by atoms with Gasteiger partial charge in [-0.2, -0.15) is 11.8 Å². The average Bonchev–Trinajstić information content (AvgIpc) is 3.26. The summed E-state index contributed by atoms with van der Waals surface area (Å²) in [6.07, 6.45) is 26.2. The van der Waals surface area contributed by atoms with E-state index in [9.17, 15) is 15.0 Å². The Kier molecular flexibility index (Phi) is 20.8. The molecule has 0 unspecified atom stereocenters. The summed E-state index contributed by atoms with van der Waals surface area (Å²) < 4.78 is 20.3. The highest BCUT2D eigenvalue weighted by atomic mass is 32.2. The van der Waals surface area contributed by atoms with Gasteiger partial charge in [-0.15, -0.1) is 6.58 Å². The molecule has 332 valence electrons. The van der Waals surface area contributed by atoms with E-state index in [0.717, 1.165) is 79.7 Å². The Morgan fingerprint density at radius 3 is 2.38 bits per heavy atom. The van der Waals surface area contributed by atoms with E-state index in [1.807, 2.05) is 49.3 Å². The highest BCUT2D eigenvalue weighted by molar-refractivity contribution is 8.00. The van der Waals surface area contributed by atoms with E-state index in [1.54, 1.807) is 6.08 Å². The van der Waals surface area contributed by atoms with E-state index in [1.165, 1.54) is 56.9 Å². The smallest absolute Gasteiger partial charge is 0.412 e. The Morgan fingerprint density at radius 1 is 0.967 bits per heavy atom. The molecule has 60 heavy (non-hydrogen) atoms. The van der Waals surface area contributed by atoms with Crippen molar-refractivity contribution in [2.75, 3.05) is 38.7 Å². The first-order valence-electron chi connectivity index (χ1n) is 23.2. The molecular formula is C49H73N3O7S. The number of amides is 1. The number of unbranched alkanes of at least 4 members (excludes halogenated alkanes) is 11. The van der Waals surface area contributed by atoms with Crippen LogP contribution in [0.25, 0.3) is 0 Å². The summed E-state index contributed by atoms with van der Waals surface area (Å²) in [5.74, 6) is 1.00.